The minimum Gasteiger partial charge on any atom is -0.318 e. The van der Waals surface area contributed by atoms with Crippen LogP contribution < -0.4 is 4.90 Å². The highest BCUT2D eigenvalue weighted by atomic mass is 35.5. The molecule has 2 aliphatic heterocycles. The summed E-state index contributed by atoms with van der Waals surface area (Å²) in [5.41, 5.74) is 4.47. The SMILES string of the molecule is CC.CC.Cc1cccc(CSC2=NN=C3CN2C=CN(c2cccc(Cl)c2C)C3=O)c1. The third-order valence-electron chi connectivity index (χ3n) is 4.63. The summed E-state index contributed by atoms with van der Waals surface area (Å²) < 4.78 is 0. The third kappa shape index (κ3) is 6.02. The van der Waals surface area contributed by atoms with Crippen LogP contribution in [0.4, 0.5) is 5.69 Å². The number of aryl methyl sites for hydroxylation is 1. The van der Waals surface area contributed by atoms with Crippen molar-refractivity contribution in [2.75, 3.05) is 11.4 Å². The van der Waals surface area contributed by atoms with E-state index in [1.807, 2.05) is 63.9 Å². The van der Waals surface area contributed by atoms with Crippen molar-refractivity contribution in [2.45, 2.75) is 47.3 Å². The van der Waals surface area contributed by atoms with Gasteiger partial charge in [0.15, 0.2) is 5.17 Å². The number of rotatable bonds is 3. The summed E-state index contributed by atoms with van der Waals surface area (Å²) in [7, 11) is 0. The predicted molar refractivity (Wildman–Crippen MR) is 140 cm³/mol. The highest BCUT2D eigenvalue weighted by Crippen LogP contribution is 2.29. The normalized spacial score (nSPS) is 14.4. The number of carbonyl (C=O) groups is 1. The van der Waals surface area contributed by atoms with E-state index in [-0.39, 0.29) is 5.91 Å². The van der Waals surface area contributed by atoms with Crippen LogP contribution in [0.5, 0.6) is 0 Å². The molecule has 0 unspecified atom stereocenters. The Morgan fingerprint density at radius 1 is 1.00 bits per heavy atom. The van der Waals surface area contributed by atoms with Crippen molar-refractivity contribution >= 4 is 45.8 Å². The minimum atomic E-state index is -0.185. The quantitative estimate of drug-likeness (QED) is 0.496. The first-order chi connectivity index (χ1) is 15.5. The van der Waals surface area contributed by atoms with Gasteiger partial charge in [-0.2, -0.15) is 0 Å². The lowest BCUT2D eigenvalue weighted by Gasteiger charge is -2.22. The fourth-order valence-corrected chi connectivity index (χ4v) is 4.14. The Morgan fingerprint density at radius 3 is 2.44 bits per heavy atom. The summed E-state index contributed by atoms with van der Waals surface area (Å²) >= 11 is 7.85. The van der Waals surface area contributed by atoms with Crippen molar-refractivity contribution in [3.8, 4) is 0 Å². The highest BCUT2D eigenvalue weighted by Gasteiger charge is 2.30. The average Bonchev–Trinajstić information content (AvgIpc) is 2.95. The van der Waals surface area contributed by atoms with Crippen LogP contribution in [-0.2, 0) is 10.5 Å². The average molecular weight is 471 g/mol. The molecule has 0 N–H and O–H groups in total. The van der Waals surface area contributed by atoms with Crippen LogP contribution in [0.25, 0.3) is 0 Å². The number of carbonyl (C=O) groups excluding carboxylic acids is 1. The second-order valence-corrected chi connectivity index (χ2v) is 8.04. The van der Waals surface area contributed by atoms with Crippen molar-refractivity contribution in [2.24, 2.45) is 10.2 Å². The molecule has 0 aliphatic carbocycles. The Kier molecular flexibility index (Phi) is 10.0. The van der Waals surface area contributed by atoms with Crippen LogP contribution in [-0.4, -0.2) is 28.2 Å². The zero-order valence-corrected chi connectivity index (χ0v) is 21.2. The zero-order valence-electron chi connectivity index (χ0n) is 19.6. The topological polar surface area (TPSA) is 48.3 Å². The van der Waals surface area contributed by atoms with E-state index in [2.05, 4.69) is 41.4 Å². The molecule has 2 aliphatic rings. The van der Waals surface area contributed by atoms with Crippen LogP contribution in [0.3, 0.4) is 0 Å². The molecule has 0 saturated heterocycles. The molecule has 0 aromatic heterocycles. The van der Waals surface area contributed by atoms with Crippen molar-refractivity contribution in [1.29, 1.82) is 0 Å². The Balaban J connectivity index is 0.000000860. The van der Waals surface area contributed by atoms with Crippen LogP contribution in [0, 0.1) is 13.8 Å². The summed E-state index contributed by atoms with van der Waals surface area (Å²) in [6, 6.07) is 13.9. The van der Waals surface area contributed by atoms with Gasteiger partial charge in [-0.05, 0) is 37.1 Å². The zero-order chi connectivity index (χ0) is 23.7. The maximum absolute atomic E-state index is 12.9. The first-order valence-corrected chi connectivity index (χ1v) is 12.3. The van der Waals surface area contributed by atoms with Gasteiger partial charge in [-0.25, -0.2) is 0 Å². The van der Waals surface area contributed by atoms with E-state index in [1.165, 1.54) is 11.1 Å². The van der Waals surface area contributed by atoms with Crippen LogP contribution in [0.2, 0.25) is 5.02 Å². The molecular formula is C25H31ClN4OS. The summed E-state index contributed by atoms with van der Waals surface area (Å²) in [5, 5.41) is 9.91. The molecule has 4 rings (SSSR count). The predicted octanol–water partition coefficient (Wildman–Crippen LogP) is 6.79. The number of benzene rings is 2. The molecule has 0 radical (unpaired) electrons. The summed E-state index contributed by atoms with van der Waals surface area (Å²) in [6.07, 6.45) is 3.64. The number of thioether (sulfide) groups is 1. The van der Waals surface area contributed by atoms with Gasteiger partial charge >= 0.3 is 0 Å². The molecule has 0 atom stereocenters. The van der Waals surface area contributed by atoms with Crippen molar-refractivity contribution in [1.82, 2.24) is 4.90 Å². The second-order valence-electron chi connectivity index (χ2n) is 6.69. The van der Waals surface area contributed by atoms with Crippen LogP contribution >= 0.6 is 23.4 Å². The van der Waals surface area contributed by atoms with E-state index in [1.54, 1.807) is 22.9 Å². The Morgan fingerprint density at radius 2 is 1.72 bits per heavy atom. The molecule has 2 bridgehead atoms. The molecule has 170 valence electrons. The Labute approximate surface area is 200 Å². The molecule has 0 fully saturated rings. The second kappa shape index (κ2) is 12.5. The number of nitrogens with zero attached hydrogens (tertiary/aromatic N) is 4. The van der Waals surface area contributed by atoms with Gasteiger partial charge < -0.3 is 4.90 Å². The molecule has 32 heavy (non-hydrogen) atoms. The molecule has 2 aromatic carbocycles. The first-order valence-electron chi connectivity index (χ1n) is 10.9. The summed E-state index contributed by atoms with van der Waals surface area (Å²) in [6.45, 7) is 12.4. The van der Waals surface area contributed by atoms with Gasteiger partial charge in [0.25, 0.3) is 5.91 Å². The molecule has 0 spiro atoms. The van der Waals surface area contributed by atoms with Crippen molar-refractivity contribution < 1.29 is 4.79 Å². The monoisotopic (exact) mass is 470 g/mol. The van der Waals surface area contributed by atoms with E-state index >= 15 is 0 Å². The molecule has 1 amide bonds. The molecule has 5 nitrogen and oxygen atoms in total. The fourth-order valence-electron chi connectivity index (χ4n) is 3.11. The summed E-state index contributed by atoms with van der Waals surface area (Å²) in [4.78, 5) is 16.5. The van der Waals surface area contributed by atoms with Crippen molar-refractivity contribution in [3.63, 3.8) is 0 Å². The van der Waals surface area contributed by atoms with E-state index in [0.717, 1.165) is 22.2 Å². The smallest absolute Gasteiger partial charge is 0.280 e. The lowest BCUT2D eigenvalue weighted by atomic mass is 10.1. The van der Waals surface area contributed by atoms with Gasteiger partial charge in [-0.3, -0.25) is 9.69 Å². The van der Waals surface area contributed by atoms with E-state index in [4.69, 9.17) is 11.6 Å². The number of amidine groups is 1. The Hall–Kier alpha value is -2.57. The third-order valence-corrected chi connectivity index (χ3v) is 6.09. The minimum absolute atomic E-state index is 0.185. The highest BCUT2D eigenvalue weighted by molar-refractivity contribution is 8.13. The van der Waals surface area contributed by atoms with Gasteiger partial charge in [-0.15, -0.1) is 10.2 Å². The summed E-state index contributed by atoms with van der Waals surface area (Å²) in [5.74, 6) is 0.608. The molecule has 0 saturated carbocycles. The number of hydrogen-bond donors (Lipinski definition) is 0. The van der Waals surface area contributed by atoms with Gasteiger partial charge in [0, 0.05) is 23.2 Å². The number of fused-ring (bicyclic) bond motifs is 2. The van der Waals surface area contributed by atoms with Gasteiger partial charge in [0.1, 0.15) is 5.71 Å². The standard InChI is InChI=1S/C21H19ClN4OS.2C2H6/c1-14-5-3-6-16(11-14)13-28-21-24-23-18-12-25(21)9-10-26(20(18)27)19-8-4-7-17(22)15(19)2;2*1-2/h3-11H,12-13H2,1-2H3;2*1-2H3. The molecule has 7 heteroatoms. The van der Waals surface area contributed by atoms with Gasteiger partial charge in [0.2, 0.25) is 0 Å². The lowest BCUT2D eigenvalue weighted by molar-refractivity contribution is -0.112. The number of halogens is 1. The largest absolute Gasteiger partial charge is 0.318 e. The molecule has 2 aromatic rings. The van der Waals surface area contributed by atoms with E-state index in [0.29, 0.717) is 17.3 Å². The first kappa shape index (κ1) is 25.7. The lowest BCUT2D eigenvalue weighted by Crippen LogP contribution is -2.38. The maximum Gasteiger partial charge on any atom is 0.280 e. The molecular weight excluding hydrogens is 440 g/mol. The van der Waals surface area contributed by atoms with Crippen LogP contribution in [0.15, 0.2) is 65.1 Å². The fraction of sp³-hybridized carbons (Fsp3) is 0.320. The number of amides is 1. The Bertz CT molecular complexity index is 1030. The number of anilines is 1. The molecule has 2 heterocycles. The van der Waals surface area contributed by atoms with E-state index in [9.17, 15) is 4.79 Å². The van der Waals surface area contributed by atoms with Crippen molar-refractivity contribution in [3.05, 3.63) is 76.6 Å². The number of hydrogen-bond acceptors (Lipinski definition) is 5. The maximum atomic E-state index is 12.9. The van der Waals surface area contributed by atoms with Gasteiger partial charge in [0.05, 0.1) is 12.2 Å². The van der Waals surface area contributed by atoms with Gasteiger partial charge in [-0.1, -0.05) is 87.0 Å². The van der Waals surface area contributed by atoms with Crippen LogP contribution in [0.1, 0.15) is 44.4 Å². The van der Waals surface area contributed by atoms with E-state index < -0.39 is 0 Å².